The van der Waals surface area contributed by atoms with Gasteiger partial charge in [0.1, 0.15) is 0 Å². The van der Waals surface area contributed by atoms with Gasteiger partial charge in [0, 0.05) is 15.5 Å². The summed E-state index contributed by atoms with van der Waals surface area (Å²) in [7, 11) is 0. The number of rotatable bonds is 3. The van der Waals surface area contributed by atoms with Crippen LogP contribution in [0.15, 0.2) is 34.5 Å². The summed E-state index contributed by atoms with van der Waals surface area (Å²) in [4.78, 5) is 2.75. The molecule has 0 bridgehead atoms. The third-order valence-corrected chi connectivity index (χ3v) is 6.32. The fourth-order valence-corrected chi connectivity index (χ4v) is 4.91. The molecule has 3 heteroatoms. The molecule has 2 aromatic rings. The van der Waals surface area contributed by atoms with Gasteiger partial charge in [-0.1, -0.05) is 30.2 Å². The average Bonchev–Trinajstić information content (AvgIpc) is 2.82. The molecule has 19 heavy (non-hydrogen) atoms. The zero-order valence-electron chi connectivity index (χ0n) is 10.8. The minimum Gasteiger partial charge on any atom is -0.148 e. The van der Waals surface area contributed by atoms with Crippen molar-refractivity contribution in [2.45, 2.75) is 42.8 Å². The van der Waals surface area contributed by atoms with Crippen molar-refractivity contribution in [2.24, 2.45) is 0 Å². The topological polar surface area (TPSA) is 0 Å². The number of hydrogen-bond acceptors (Lipinski definition) is 2. The highest BCUT2D eigenvalue weighted by Gasteiger charge is 2.15. The van der Waals surface area contributed by atoms with E-state index in [1.54, 1.807) is 0 Å². The summed E-state index contributed by atoms with van der Waals surface area (Å²) in [5.41, 5.74) is 3.04. The fraction of sp³-hybridized carbons (Fsp3) is 0.375. The summed E-state index contributed by atoms with van der Waals surface area (Å²) in [5, 5.41) is 3.07. The number of aryl methyl sites for hydroxylation is 1. The largest absolute Gasteiger partial charge is 0.148 e. The first-order chi connectivity index (χ1) is 9.34. The van der Waals surface area contributed by atoms with Crippen molar-refractivity contribution >= 4 is 34.7 Å². The number of thioether (sulfide) groups is 1. The molecule has 0 nitrogen and oxygen atoms in total. The number of halogens is 1. The van der Waals surface area contributed by atoms with Crippen molar-refractivity contribution in [3.8, 4) is 0 Å². The van der Waals surface area contributed by atoms with E-state index in [0.29, 0.717) is 0 Å². The van der Waals surface area contributed by atoms with E-state index < -0.39 is 0 Å². The van der Waals surface area contributed by atoms with Gasteiger partial charge in [0.2, 0.25) is 0 Å². The molecule has 0 unspecified atom stereocenters. The lowest BCUT2D eigenvalue weighted by Gasteiger charge is -2.13. The zero-order valence-corrected chi connectivity index (χ0v) is 13.2. The molecule has 0 saturated heterocycles. The van der Waals surface area contributed by atoms with Crippen LogP contribution in [0.5, 0.6) is 0 Å². The molecule has 100 valence electrons. The van der Waals surface area contributed by atoms with Crippen LogP contribution in [0.1, 0.15) is 35.3 Å². The minimum absolute atomic E-state index is 0.933. The molecule has 0 spiro atoms. The number of fused-ring (bicyclic) bond motifs is 1. The molecule has 0 atom stereocenters. The monoisotopic (exact) mass is 308 g/mol. The molecular weight excluding hydrogens is 292 g/mol. The molecule has 1 aliphatic carbocycles. The normalized spacial score (nSPS) is 15.0. The van der Waals surface area contributed by atoms with Gasteiger partial charge >= 0.3 is 0 Å². The Hall–Kier alpha value is -0.440. The van der Waals surface area contributed by atoms with E-state index >= 15 is 0 Å². The summed E-state index contributed by atoms with van der Waals surface area (Å²) >= 11 is 10.2. The summed E-state index contributed by atoms with van der Waals surface area (Å²) in [5.74, 6) is 1.04. The van der Waals surface area contributed by atoms with Gasteiger partial charge in [-0.3, -0.25) is 0 Å². The molecular formula is C16H17ClS2. The van der Waals surface area contributed by atoms with Crippen molar-refractivity contribution < 1.29 is 0 Å². The first-order valence-corrected chi connectivity index (χ1v) is 9.04. The second-order valence-electron chi connectivity index (χ2n) is 4.94. The van der Waals surface area contributed by atoms with Crippen LogP contribution >= 0.6 is 34.7 Å². The minimum atomic E-state index is 0.933. The molecule has 0 radical (unpaired) electrons. The number of hydrogen-bond donors (Lipinski definition) is 0. The predicted octanol–water partition coefficient (Wildman–Crippen LogP) is 5.96. The maximum atomic E-state index is 6.44. The molecule has 0 saturated carbocycles. The van der Waals surface area contributed by atoms with Gasteiger partial charge in [0.05, 0.1) is 5.02 Å². The molecule has 0 fully saturated rings. The van der Waals surface area contributed by atoms with E-state index in [4.69, 9.17) is 11.6 Å². The molecule has 1 aliphatic rings. The molecule has 1 aromatic carbocycles. The van der Waals surface area contributed by atoms with Gasteiger partial charge in [-0.25, -0.2) is 0 Å². The summed E-state index contributed by atoms with van der Waals surface area (Å²) in [6.07, 6.45) is 6.40. The predicted molar refractivity (Wildman–Crippen MR) is 86.6 cm³/mol. The molecule has 0 amide bonds. The van der Waals surface area contributed by atoms with E-state index in [9.17, 15) is 0 Å². The van der Waals surface area contributed by atoms with Crippen LogP contribution in [-0.4, -0.2) is 0 Å². The van der Waals surface area contributed by atoms with Gasteiger partial charge in [-0.15, -0.1) is 23.1 Å². The van der Waals surface area contributed by atoms with E-state index in [1.165, 1.54) is 53.0 Å². The van der Waals surface area contributed by atoms with Crippen LogP contribution in [0, 0.1) is 0 Å². The first kappa shape index (κ1) is 13.5. The maximum Gasteiger partial charge on any atom is 0.0544 e. The van der Waals surface area contributed by atoms with Crippen LogP contribution in [0.4, 0.5) is 0 Å². The highest BCUT2D eigenvalue weighted by atomic mass is 35.5. The highest BCUT2D eigenvalue weighted by molar-refractivity contribution is 7.98. The van der Waals surface area contributed by atoms with Gasteiger partial charge in [-0.2, -0.15) is 0 Å². The van der Waals surface area contributed by atoms with E-state index in [0.717, 1.165) is 10.8 Å². The summed E-state index contributed by atoms with van der Waals surface area (Å²) in [6.45, 7) is 0. The Bertz CT molecular complexity index is 546. The lowest BCUT2D eigenvalue weighted by Crippen LogP contribution is -1.95. The average molecular weight is 309 g/mol. The Morgan fingerprint density at radius 1 is 1.11 bits per heavy atom. The van der Waals surface area contributed by atoms with E-state index in [1.807, 2.05) is 23.1 Å². The molecule has 1 heterocycles. The standard InChI is InChI=1S/C16H17ClS2/c17-15-9-8-12-5-2-1-3-7-14(12)16(15)19-11-13-6-4-10-18-13/h4,6,8-10H,1-3,5,7,11H2. The Labute approximate surface area is 128 Å². The second kappa shape index (κ2) is 6.34. The Balaban J connectivity index is 1.86. The van der Waals surface area contributed by atoms with Crippen molar-refractivity contribution in [3.63, 3.8) is 0 Å². The molecule has 0 aliphatic heterocycles. The zero-order chi connectivity index (χ0) is 13.1. The van der Waals surface area contributed by atoms with Crippen LogP contribution in [0.3, 0.4) is 0 Å². The van der Waals surface area contributed by atoms with Crippen LogP contribution in [0.2, 0.25) is 5.02 Å². The smallest absolute Gasteiger partial charge is 0.0544 e. The van der Waals surface area contributed by atoms with Gasteiger partial charge in [0.15, 0.2) is 0 Å². The molecule has 0 N–H and O–H groups in total. The van der Waals surface area contributed by atoms with Crippen molar-refractivity contribution in [1.29, 1.82) is 0 Å². The third kappa shape index (κ3) is 3.18. The van der Waals surface area contributed by atoms with Crippen LogP contribution in [-0.2, 0) is 18.6 Å². The summed E-state index contributed by atoms with van der Waals surface area (Å²) in [6, 6.07) is 8.64. The van der Waals surface area contributed by atoms with Crippen molar-refractivity contribution in [1.82, 2.24) is 0 Å². The van der Waals surface area contributed by atoms with Gasteiger partial charge in [0.25, 0.3) is 0 Å². The number of thiophene rings is 1. The lowest BCUT2D eigenvalue weighted by molar-refractivity contribution is 0.710. The van der Waals surface area contributed by atoms with Gasteiger partial charge in [-0.05, 0) is 54.3 Å². The maximum absolute atomic E-state index is 6.44. The Kier molecular flexibility index (Phi) is 4.52. The van der Waals surface area contributed by atoms with Gasteiger partial charge < -0.3 is 0 Å². The van der Waals surface area contributed by atoms with Crippen LogP contribution < -0.4 is 0 Å². The van der Waals surface area contributed by atoms with Crippen molar-refractivity contribution in [3.05, 3.63) is 50.7 Å². The van der Waals surface area contributed by atoms with Crippen LogP contribution in [0.25, 0.3) is 0 Å². The van der Waals surface area contributed by atoms with E-state index in [-0.39, 0.29) is 0 Å². The van der Waals surface area contributed by atoms with E-state index in [2.05, 4.69) is 29.6 Å². The number of benzene rings is 1. The second-order valence-corrected chi connectivity index (χ2v) is 7.37. The molecule has 1 aromatic heterocycles. The lowest BCUT2D eigenvalue weighted by atomic mass is 10.0. The quantitative estimate of drug-likeness (QED) is 0.498. The highest BCUT2D eigenvalue weighted by Crippen LogP contribution is 2.38. The Morgan fingerprint density at radius 2 is 2.00 bits per heavy atom. The Morgan fingerprint density at radius 3 is 2.84 bits per heavy atom. The molecule has 3 rings (SSSR count). The fourth-order valence-electron chi connectivity index (χ4n) is 2.64. The SMILES string of the molecule is Clc1ccc2c(c1SCc1cccs1)CCCCC2. The third-order valence-electron chi connectivity index (χ3n) is 3.62. The van der Waals surface area contributed by atoms with Crippen molar-refractivity contribution in [2.75, 3.05) is 0 Å². The summed E-state index contributed by atoms with van der Waals surface area (Å²) < 4.78 is 0. The first-order valence-electron chi connectivity index (χ1n) is 6.80.